The van der Waals surface area contributed by atoms with Crippen molar-refractivity contribution in [1.29, 1.82) is 0 Å². The first kappa shape index (κ1) is 13.8. The third kappa shape index (κ3) is 2.80. The van der Waals surface area contributed by atoms with Crippen molar-refractivity contribution in [2.45, 2.75) is 6.54 Å². The Kier molecular flexibility index (Phi) is 3.47. The molecule has 0 saturated heterocycles. The molecule has 1 aromatic carbocycles. The molecular formula is C15H14FN3OS. The van der Waals surface area contributed by atoms with Crippen molar-refractivity contribution in [2.24, 2.45) is 7.05 Å². The summed E-state index contributed by atoms with van der Waals surface area (Å²) in [7, 11) is 3.59. The second kappa shape index (κ2) is 5.29. The average molecular weight is 303 g/mol. The Labute approximate surface area is 125 Å². The molecule has 3 aromatic rings. The first-order valence-electron chi connectivity index (χ1n) is 6.45. The fourth-order valence-electron chi connectivity index (χ4n) is 2.21. The Hall–Kier alpha value is -2.21. The average Bonchev–Trinajstić information content (AvgIpc) is 3.03. The smallest absolute Gasteiger partial charge is 0.264 e. The molecule has 0 fully saturated rings. The van der Waals surface area contributed by atoms with Gasteiger partial charge in [-0.25, -0.2) is 4.39 Å². The molecule has 3 rings (SSSR count). The summed E-state index contributed by atoms with van der Waals surface area (Å²) in [6, 6.07) is 6.30. The van der Waals surface area contributed by atoms with Gasteiger partial charge < -0.3 is 4.90 Å². The molecule has 0 aliphatic heterocycles. The predicted molar refractivity (Wildman–Crippen MR) is 80.8 cm³/mol. The van der Waals surface area contributed by atoms with Gasteiger partial charge in [0.15, 0.2) is 0 Å². The zero-order valence-corrected chi connectivity index (χ0v) is 12.5. The van der Waals surface area contributed by atoms with Crippen molar-refractivity contribution in [1.82, 2.24) is 14.7 Å². The molecule has 0 saturated carbocycles. The van der Waals surface area contributed by atoms with Gasteiger partial charge in [-0.3, -0.25) is 9.48 Å². The number of thiophene rings is 1. The largest absolute Gasteiger partial charge is 0.337 e. The molecule has 4 nitrogen and oxygen atoms in total. The van der Waals surface area contributed by atoms with Crippen LogP contribution in [0.5, 0.6) is 0 Å². The number of hydrogen-bond acceptors (Lipinski definition) is 3. The molecule has 21 heavy (non-hydrogen) atoms. The summed E-state index contributed by atoms with van der Waals surface area (Å²) >= 11 is 1.38. The van der Waals surface area contributed by atoms with E-state index in [4.69, 9.17) is 0 Å². The minimum atomic E-state index is -0.289. The van der Waals surface area contributed by atoms with E-state index in [2.05, 4.69) is 5.10 Å². The van der Waals surface area contributed by atoms with Crippen LogP contribution in [-0.2, 0) is 13.6 Å². The number of rotatable bonds is 3. The third-order valence-electron chi connectivity index (χ3n) is 3.21. The van der Waals surface area contributed by atoms with Gasteiger partial charge in [-0.2, -0.15) is 5.10 Å². The summed E-state index contributed by atoms with van der Waals surface area (Å²) in [5, 5.41) is 4.85. The van der Waals surface area contributed by atoms with E-state index in [9.17, 15) is 9.18 Å². The first-order valence-corrected chi connectivity index (χ1v) is 7.26. The highest BCUT2D eigenvalue weighted by Gasteiger charge is 2.16. The van der Waals surface area contributed by atoms with E-state index in [-0.39, 0.29) is 11.7 Å². The highest BCUT2D eigenvalue weighted by atomic mass is 32.1. The van der Waals surface area contributed by atoms with Crippen molar-refractivity contribution < 1.29 is 9.18 Å². The Balaban J connectivity index is 1.82. The van der Waals surface area contributed by atoms with Crippen molar-refractivity contribution in [2.75, 3.05) is 7.05 Å². The number of carbonyl (C=O) groups is 1. The Morgan fingerprint density at radius 3 is 2.95 bits per heavy atom. The van der Waals surface area contributed by atoms with Crippen LogP contribution < -0.4 is 0 Å². The Bertz CT molecular complexity index is 808. The summed E-state index contributed by atoms with van der Waals surface area (Å²) in [6.45, 7) is 0.495. The SMILES string of the molecule is CN(Cc1cnn(C)c1)C(=O)c1cc2cc(F)ccc2s1. The van der Waals surface area contributed by atoms with Crippen LogP contribution in [0.3, 0.4) is 0 Å². The lowest BCUT2D eigenvalue weighted by Gasteiger charge is -2.14. The zero-order valence-electron chi connectivity index (χ0n) is 11.7. The maximum absolute atomic E-state index is 13.2. The molecule has 0 radical (unpaired) electrons. The van der Waals surface area contributed by atoms with E-state index in [1.54, 1.807) is 35.0 Å². The number of aromatic nitrogens is 2. The topological polar surface area (TPSA) is 38.1 Å². The molecular weight excluding hydrogens is 289 g/mol. The number of nitrogens with zero attached hydrogens (tertiary/aromatic N) is 3. The monoisotopic (exact) mass is 303 g/mol. The molecule has 1 amide bonds. The second-order valence-corrected chi connectivity index (χ2v) is 6.06. The summed E-state index contributed by atoms with van der Waals surface area (Å²) in [5.74, 6) is -0.358. The third-order valence-corrected chi connectivity index (χ3v) is 4.32. The van der Waals surface area contributed by atoms with Gasteiger partial charge in [0, 0.05) is 37.1 Å². The van der Waals surface area contributed by atoms with E-state index < -0.39 is 0 Å². The van der Waals surface area contributed by atoms with Gasteiger partial charge in [0.2, 0.25) is 0 Å². The highest BCUT2D eigenvalue weighted by Crippen LogP contribution is 2.27. The fourth-order valence-corrected chi connectivity index (χ4v) is 3.24. The predicted octanol–water partition coefficient (Wildman–Crippen LogP) is 3.05. The second-order valence-electron chi connectivity index (χ2n) is 4.98. The minimum Gasteiger partial charge on any atom is -0.337 e. The number of amides is 1. The van der Waals surface area contributed by atoms with Gasteiger partial charge in [0.05, 0.1) is 11.1 Å². The standard InChI is InChI=1S/C15H14FN3OS/c1-18(8-10-7-17-19(2)9-10)15(20)14-6-11-5-12(16)3-4-13(11)21-14/h3-7,9H,8H2,1-2H3. The molecule has 6 heteroatoms. The fraction of sp³-hybridized carbons (Fsp3) is 0.200. The first-order chi connectivity index (χ1) is 10.0. The number of hydrogen-bond donors (Lipinski definition) is 0. The van der Waals surface area contributed by atoms with Crippen molar-refractivity contribution in [3.63, 3.8) is 0 Å². The number of fused-ring (bicyclic) bond motifs is 1. The number of benzene rings is 1. The van der Waals surface area contributed by atoms with Crippen LogP contribution in [0.2, 0.25) is 0 Å². The normalized spacial score (nSPS) is 11.0. The number of halogens is 1. The molecule has 0 aliphatic rings. The van der Waals surface area contributed by atoms with E-state index in [0.717, 1.165) is 15.6 Å². The highest BCUT2D eigenvalue weighted by molar-refractivity contribution is 7.20. The van der Waals surface area contributed by atoms with Gasteiger partial charge >= 0.3 is 0 Å². The van der Waals surface area contributed by atoms with E-state index in [1.165, 1.54) is 23.5 Å². The van der Waals surface area contributed by atoms with Crippen LogP contribution in [0.15, 0.2) is 36.7 Å². The summed E-state index contributed by atoms with van der Waals surface area (Å²) in [5.41, 5.74) is 0.973. The lowest BCUT2D eigenvalue weighted by molar-refractivity contribution is 0.0790. The number of aryl methyl sites for hydroxylation is 1. The maximum Gasteiger partial charge on any atom is 0.264 e. The molecule has 108 valence electrons. The Morgan fingerprint density at radius 1 is 1.43 bits per heavy atom. The van der Waals surface area contributed by atoms with E-state index in [1.807, 2.05) is 13.2 Å². The molecule has 0 aliphatic carbocycles. The Morgan fingerprint density at radius 2 is 2.24 bits per heavy atom. The molecule has 0 atom stereocenters. The van der Waals surface area contributed by atoms with Crippen molar-refractivity contribution in [3.05, 3.63) is 52.9 Å². The van der Waals surface area contributed by atoms with Crippen LogP contribution in [0.4, 0.5) is 4.39 Å². The van der Waals surface area contributed by atoms with Crippen LogP contribution >= 0.6 is 11.3 Å². The molecule has 0 unspecified atom stereocenters. The van der Waals surface area contributed by atoms with Crippen LogP contribution in [-0.4, -0.2) is 27.6 Å². The van der Waals surface area contributed by atoms with Crippen LogP contribution in [0.25, 0.3) is 10.1 Å². The molecule has 0 N–H and O–H groups in total. The lowest BCUT2D eigenvalue weighted by atomic mass is 10.2. The van der Waals surface area contributed by atoms with Gasteiger partial charge in [-0.15, -0.1) is 11.3 Å². The lowest BCUT2D eigenvalue weighted by Crippen LogP contribution is -2.25. The van der Waals surface area contributed by atoms with Gasteiger partial charge in [-0.1, -0.05) is 0 Å². The molecule has 2 heterocycles. The molecule has 2 aromatic heterocycles. The summed E-state index contributed by atoms with van der Waals surface area (Å²) in [4.78, 5) is 14.7. The van der Waals surface area contributed by atoms with Gasteiger partial charge in [0.1, 0.15) is 5.82 Å². The summed E-state index contributed by atoms with van der Waals surface area (Å²) < 4.78 is 15.8. The van der Waals surface area contributed by atoms with E-state index in [0.29, 0.717) is 11.4 Å². The minimum absolute atomic E-state index is 0.0690. The van der Waals surface area contributed by atoms with Crippen molar-refractivity contribution in [3.8, 4) is 0 Å². The molecule has 0 bridgehead atoms. The van der Waals surface area contributed by atoms with Crippen LogP contribution in [0, 0.1) is 5.82 Å². The van der Waals surface area contributed by atoms with Gasteiger partial charge in [-0.05, 0) is 29.7 Å². The zero-order chi connectivity index (χ0) is 15.0. The maximum atomic E-state index is 13.2. The summed E-state index contributed by atoms with van der Waals surface area (Å²) in [6.07, 6.45) is 3.62. The molecule has 0 spiro atoms. The number of carbonyl (C=O) groups excluding carboxylic acids is 1. The van der Waals surface area contributed by atoms with Crippen molar-refractivity contribution >= 4 is 27.3 Å². The quantitative estimate of drug-likeness (QED) is 0.746. The van der Waals surface area contributed by atoms with Crippen LogP contribution in [0.1, 0.15) is 15.2 Å². The van der Waals surface area contributed by atoms with E-state index >= 15 is 0 Å². The van der Waals surface area contributed by atoms with Gasteiger partial charge in [0.25, 0.3) is 5.91 Å².